The Morgan fingerprint density at radius 1 is 1.14 bits per heavy atom. The van der Waals surface area contributed by atoms with Crippen LogP contribution in [0.15, 0.2) is 0 Å². The van der Waals surface area contributed by atoms with Crippen LogP contribution in [-0.2, 0) is 0 Å². The molecule has 84 valence electrons. The molecule has 0 amide bonds. The summed E-state index contributed by atoms with van der Waals surface area (Å²) < 4.78 is 0. The summed E-state index contributed by atoms with van der Waals surface area (Å²) in [5.41, 5.74) is 0. The monoisotopic (exact) mass is 198 g/mol. The van der Waals surface area contributed by atoms with Crippen molar-refractivity contribution < 1.29 is 0 Å². The van der Waals surface area contributed by atoms with E-state index in [1.165, 1.54) is 58.2 Å². The number of nitrogens with one attached hydrogen (secondary N) is 1. The summed E-state index contributed by atoms with van der Waals surface area (Å²) in [5, 5.41) is 3.29. The molecular formula is C12H26N2. The lowest BCUT2D eigenvalue weighted by atomic mass is 10.1. The van der Waals surface area contributed by atoms with Crippen LogP contribution >= 0.6 is 0 Å². The van der Waals surface area contributed by atoms with Crippen LogP contribution in [0.3, 0.4) is 0 Å². The summed E-state index contributed by atoms with van der Waals surface area (Å²) in [4.78, 5) is 2.63. The maximum absolute atomic E-state index is 3.29. The fourth-order valence-corrected chi connectivity index (χ4v) is 2.11. The van der Waals surface area contributed by atoms with Crippen molar-refractivity contribution in [3.05, 3.63) is 0 Å². The maximum atomic E-state index is 3.29. The van der Waals surface area contributed by atoms with Crippen molar-refractivity contribution in [3.8, 4) is 0 Å². The molecule has 1 aliphatic heterocycles. The van der Waals surface area contributed by atoms with Crippen molar-refractivity contribution in [1.82, 2.24) is 10.2 Å². The van der Waals surface area contributed by atoms with Crippen molar-refractivity contribution in [2.24, 2.45) is 0 Å². The first-order chi connectivity index (χ1) is 6.83. The van der Waals surface area contributed by atoms with Crippen LogP contribution in [0, 0.1) is 0 Å². The van der Waals surface area contributed by atoms with Crippen LogP contribution in [0.1, 0.15) is 45.4 Å². The minimum absolute atomic E-state index is 0.691. The number of unbranched alkanes of at least 4 members (excludes halogenated alkanes) is 1. The quantitative estimate of drug-likeness (QED) is 0.659. The number of nitrogens with zero attached hydrogens (tertiary/aromatic N) is 1. The zero-order chi connectivity index (χ0) is 10.2. The van der Waals surface area contributed by atoms with Gasteiger partial charge in [-0.3, -0.25) is 0 Å². The second kappa shape index (κ2) is 7.24. The van der Waals surface area contributed by atoms with Gasteiger partial charge < -0.3 is 10.2 Å². The summed E-state index contributed by atoms with van der Waals surface area (Å²) in [6.07, 6.45) is 8.38. The normalized spacial score (nSPS) is 21.0. The maximum Gasteiger partial charge on any atom is 0.00357 e. The smallest absolute Gasteiger partial charge is 0.00357 e. The largest absolute Gasteiger partial charge is 0.317 e. The number of rotatable bonds is 6. The first-order valence-electron chi connectivity index (χ1n) is 6.22. The Morgan fingerprint density at radius 3 is 2.50 bits per heavy atom. The van der Waals surface area contributed by atoms with E-state index >= 15 is 0 Å². The molecule has 0 aromatic carbocycles. The topological polar surface area (TPSA) is 15.3 Å². The van der Waals surface area contributed by atoms with Gasteiger partial charge in [0.25, 0.3) is 0 Å². The van der Waals surface area contributed by atoms with Gasteiger partial charge in [-0.25, -0.2) is 0 Å². The molecule has 14 heavy (non-hydrogen) atoms. The summed E-state index contributed by atoms with van der Waals surface area (Å²) in [6, 6.07) is 0.691. The lowest BCUT2D eigenvalue weighted by Gasteiger charge is -2.26. The second-order valence-corrected chi connectivity index (χ2v) is 4.59. The van der Waals surface area contributed by atoms with E-state index in [4.69, 9.17) is 0 Å². The standard InChI is InChI=1S/C12H26N2/c1-12(13-2)8-4-7-11-14-9-5-3-6-10-14/h12-13H,3-11H2,1-2H3. The van der Waals surface area contributed by atoms with Crippen LogP contribution in [0.4, 0.5) is 0 Å². The molecule has 1 heterocycles. The van der Waals surface area contributed by atoms with Gasteiger partial charge in [0.15, 0.2) is 0 Å². The molecule has 0 spiro atoms. The zero-order valence-corrected chi connectivity index (χ0v) is 9.89. The molecule has 0 aromatic heterocycles. The van der Waals surface area contributed by atoms with Gasteiger partial charge in [-0.15, -0.1) is 0 Å². The van der Waals surface area contributed by atoms with Gasteiger partial charge in [0.05, 0.1) is 0 Å². The Bertz CT molecular complexity index is 130. The van der Waals surface area contributed by atoms with Crippen LogP contribution in [0.25, 0.3) is 0 Å². The van der Waals surface area contributed by atoms with E-state index < -0.39 is 0 Å². The van der Waals surface area contributed by atoms with Crippen molar-refractivity contribution in [2.45, 2.75) is 51.5 Å². The molecule has 2 nitrogen and oxygen atoms in total. The van der Waals surface area contributed by atoms with Gasteiger partial charge in [0, 0.05) is 6.04 Å². The third-order valence-electron chi connectivity index (χ3n) is 3.30. The Kier molecular flexibility index (Phi) is 6.20. The molecule has 0 saturated carbocycles. The van der Waals surface area contributed by atoms with Gasteiger partial charge >= 0.3 is 0 Å². The lowest BCUT2D eigenvalue weighted by Crippen LogP contribution is -2.30. The second-order valence-electron chi connectivity index (χ2n) is 4.59. The van der Waals surface area contributed by atoms with E-state index in [9.17, 15) is 0 Å². The van der Waals surface area contributed by atoms with Crippen LogP contribution in [0.5, 0.6) is 0 Å². The Labute approximate surface area is 89.1 Å². The minimum Gasteiger partial charge on any atom is -0.317 e. The molecule has 1 saturated heterocycles. The molecule has 0 radical (unpaired) electrons. The van der Waals surface area contributed by atoms with E-state index in [0.717, 1.165) is 0 Å². The molecule has 1 atom stereocenters. The molecule has 1 N–H and O–H groups in total. The van der Waals surface area contributed by atoms with Gasteiger partial charge in [-0.2, -0.15) is 0 Å². The van der Waals surface area contributed by atoms with Crippen molar-refractivity contribution in [3.63, 3.8) is 0 Å². The van der Waals surface area contributed by atoms with Crippen LogP contribution < -0.4 is 5.32 Å². The van der Waals surface area contributed by atoms with Gasteiger partial charge in [0.1, 0.15) is 0 Å². The summed E-state index contributed by atoms with van der Waals surface area (Å²) >= 11 is 0. The van der Waals surface area contributed by atoms with E-state index in [1.54, 1.807) is 0 Å². The third kappa shape index (κ3) is 4.97. The number of piperidine rings is 1. The van der Waals surface area contributed by atoms with Crippen LogP contribution in [-0.4, -0.2) is 37.6 Å². The molecule has 1 aliphatic rings. The highest BCUT2D eigenvalue weighted by Crippen LogP contribution is 2.10. The van der Waals surface area contributed by atoms with Gasteiger partial charge in [0.2, 0.25) is 0 Å². The molecule has 0 aliphatic carbocycles. The molecule has 1 rings (SSSR count). The SMILES string of the molecule is CNC(C)CCCCN1CCCCC1. The zero-order valence-electron chi connectivity index (χ0n) is 9.89. The number of likely N-dealkylation sites (tertiary alicyclic amines) is 1. The Balaban J connectivity index is 1.92. The molecule has 1 fully saturated rings. The minimum atomic E-state index is 0.691. The lowest BCUT2D eigenvalue weighted by molar-refractivity contribution is 0.223. The van der Waals surface area contributed by atoms with E-state index in [1.807, 2.05) is 0 Å². The summed E-state index contributed by atoms with van der Waals surface area (Å²) in [7, 11) is 2.05. The molecule has 0 aromatic rings. The highest BCUT2D eigenvalue weighted by molar-refractivity contribution is 4.65. The predicted octanol–water partition coefficient (Wildman–Crippen LogP) is 2.25. The number of hydrogen-bond acceptors (Lipinski definition) is 2. The highest BCUT2D eigenvalue weighted by atomic mass is 15.1. The molecule has 2 heteroatoms. The molecular weight excluding hydrogens is 172 g/mol. The third-order valence-corrected chi connectivity index (χ3v) is 3.30. The number of hydrogen-bond donors (Lipinski definition) is 1. The first-order valence-corrected chi connectivity index (χ1v) is 6.22. The Morgan fingerprint density at radius 2 is 1.86 bits per heavy atom. The average Bonchev–Trinajstić information content (AvgIpc) is 2.25. The van der Waals surface area contributed by atoms with Crippen molar-refractivity contribution >= 4 is 0 Å². The van der Waals surface area contributed by atoms with E-state index in [0.29, 0.717) is 6.04 Å². The fourth-order valence-electron chi connectivity index (χ4n) is 2.11. The highest BCUT2D eigenvalue weighted by Gasteiger charge is 2.08. The van der Waals surface area contributed by atoms with Crippen LogP contribution in [0.2, 0.25) is 0 Å². The predicted molar refractivity (Wildman–Crippen MR) is 62.7 cm³/mol. The van der Waals surface area contributed by atoms with Gasteiger partial charge in [-0.1, -0.05) is 12.8 Å². The van der Waals surface area contributed by atoms with E-state index in [-0.39, 0.29) is 0 Å². The van der Waals surface area contributed by atoms with Crippen molar-refractivity contribution in [1.29, 1.82) is 0 Å². The Hall–Kier alpha value is -0.0800. The summed E-state index contributed by atoms with van der Waals surface area (Å²) in [5.74, 6) is 0. The van der Waals surface area contributed by atoms with Crippen molar-refractivity contribution in [2.75, 3.05) is 26.7 Å². The molecule has 0 bridgehead atoms. The van der Waals surface area contributed by atoms with E-state index in [2.05, 4.69) is 24.2 Å². The summed E-state index contributed by atoms with van der Waals surface area (Å²) in [6.45, 7) is 6.29. The fraction of sp³-hybridized carbons (Fsp3) is 1.00. The first kappa shape index (κ1) is 12.0. The average molecular weight is 198 g/mol. The van der Waals surface area contributed by atoms with Gasteiger partial charge in [-0.05, 0) is 59.3 Å². The molecule has 1 unspecified atom stereocenters.